The molecule has 1 heterocycles. The summed E-state index contributed by atoms with van der Waals surface area (Å²) in [6.07, 6.45) is 2.20. The number of carbonyl (C=O) groups is 1. The van der Waals surface area contributed by atoms with Gasteiger partial charge in [-0.1, -0.05) is 6.07 Å². The van der Waals surface area contributed by atoms with Crippen LogP contribution in [0.3, 0.4) is 0 Å². The summed E-state index contributed by atoms with van der Waals surface area (Å²) in [4.78, 5) is 14.7. The maximum atomic E-state index is 13.3. The van der Waals surface area contributed by atoms with E-state index in [0.29, 0.717) is 6.42 Å². The van der Waals surface area contributed by atoms with E-state index in [1.165, 1.54) is 23.5 Å². The van der Waals surface area contributed by atoms with E-state index in [-0.39, 0.29) is 5.56 Å². The Hall–Kier alpha value is -1.75. The predicted octanol–water partition coefficient (Wildman–Crippen LogP) is 2.57. The van der Waals surface area contributed by atoms with Crippen molar-refractivity contribution in [2.24, 2.45) is 0 Å². The van der Waals surface area contributed by atoms with E-state index in [1.54, 1.807) is 12.3 Å². The Labute approximate surface area is 95.2 Å². The molecule has 0 unspecified atom stereocenters. The van der Waals surface area contributed by atoms with Crippen LogP contribution >= 0.6 is 11.3 Å². The number of carboxylic acids is 1. The second-order valence-corrected chi connectivity index (χ2v) is 4.20. The largest absolute Gasteiger partial charge is 0.478 e. The predicted molar refractivity (Wildman–Crippen MR) is 58.3 cm³/mol. The van der Waals surface area contributed by atoms with E-state index in [9.17, 15) is 9.18 Å². The Morgan fingerprint density at radius 1 is 1.50 bits per heavy atom. The highest BCUT2D eigenvalue weighted by Crippen LogP contribution is 2.15. The smallest absolute Gasteiger partial charge is 0.338 e. The van der Waals surface area contributed by atoms with Gasteiger partial charge >= 0.3 is 5.97 Å². The highest BCUT2D eigenvalue weighted by Gasteiger charge is 2.10. The maximum Gasteiger partial charge on any atom is 0.338 e. The van der Waals surface area contributed by atoms with Crippen LogP contribution in [-0.2, 0) is 6.42 Å². The third-order valence-electron chi connectivity index (χ3n) is 2.10. The average molecular weight is 237 g/mol. The zero-order valence-corrected chi connectivity index (χ0v) is 9.00. The van der Waals surface area contributed by atoms with Gasteiger partial charge in [0.25, 0.3) is 0 Å². The molecule has 16 heavy (non-hydrogen) atoms. The number of halogens is 1. The van der Waals surface area contributed by atoms with Crippen LogP contribution < -0.4 is 0 Å². The number of carboxylic acid groups (broad SMARTS) is 1. The Bertz CT molecular complexity index is 511. The Morgan fingerprint density at radius 3 is 2.88 bits per heavy atom. The first-order chi connectivity index (χ1) is 7.66. The minimum Gasteiger partial charge on any atom is -0.478 e. The van der Waals surface area contributed by atoms with Gasteiger partial charge in [0.1, 0.15) is 5.82 Å². The van der Waals surface area contributed by atoms with Crippen LogP contribution in [0.4, 0.5) is 4.39 Å². The van der Waals surface area contributed by atoms with Crippen molar-refractivity contribution in [1.29, 1.82) is 0 Å². The zero-order valence-electron chi connectivity index (χ0n) is 8.18. The minimum absolute atomic E-state index is 0.303. The van der Waals surface area contributed by atoms with Crippen LogP contribution in [0.25, 0.3) is 0 Å². The zero-order chi connectivity index (χ0) is 11.5. The number of rotatable bonds is 3. The van der Waals surface area contributed by atoms with Crippen molar-refractivity contribution in [3.8, 4) is 0 Å². The molecule has 0 atom stereocenters. The van der Waals surface area contributed by atoms with Crippen LogP contribution in [-0.4, -0.2) is 16.1 Å². The molecular weight excluding hydrogens is 229 g/mol. The molecule has 0 aliphatic heterocycles. The fourth-order valence-corrected chi connectivity index (χ4v) is 2.01. The summed E-state index contributed by atoms with van der Waals surface area (Å²) in [5.41, 5.74) is 0.417. The topological polar surface area (TPSA) is 50.2 Å². The molecule has 1 N–H and O–H groups in total. The molecule has 5 heteroatoms. The SMILES string of the molecule is O=C(O)c1ccc(Cc2nccs2)cc1F. The number of benzene rings is 1. The van der Waals surface area contributed by atoms with E-state index < -0.39 is 11.8 Å². The summed E-state index contributed by atoms with van der Waals surface area (Å²) in [6, 6.07) is 4.12. The van der Waals surface area contributed by atoms with Gasteiger partial charge in [-0.15, -0.1) is 11.3 Å². The van der Waals surface area contributed by atoms with E-state index in [1.807, 2.05) is 5.38 Å². The highest BCUT2D eigenvalue weighted by molar-refractivity contribution is 7.09. The van der Waals surface area contributed by atoms with Gasteiger partial charge in [0.2, 0.25) is 0 Å². The number of hydrogen-bond donors (Lipinski definition) is 1. The van der Waals surface area contributed by atoms with E-state index >= 15 is 0 Å². The number of hydrogen-bond acceptors (Lipinski definition) is 3. The standard InChI is InChI=1S/C11H8FNO2S/c12-9-5-7(1-2-8(9)11(14)15)6-10-13-3-4-16-10/h1-5H,6H2,(H,14,15). The molecule has 82 valence electrons. The molecule has 0 amide bonds. The fraction of sp³-hybridized carbons (Fsp3) is 0.0909. The van der Waals surface area contributed by atoms with Crippen LogP contribution in [0.2, 0.25) is 0 Å². The van der Waals surface area contributed by atoms with Crippen molar-refractivity contribution >= 4 is 17.3 Å². The molecule has 3 nitrogen and oxygen atoms in total. The summed E-state index contributed by atoms with van der Waals surface area (Å²) in [5.74, 6) is -1.96. The van der Waals surface area contributed by atoms with E-state index in [2.05, 4.69) is 4.98 Å². The van der Waals surface area contributed by atoms with Gasteiger partial charge in [0.05, 0.1) is 10.6 Å². The molecule has 2 rings (SSSR count). The molecule has 2 aromatic rings. The summed E-state index contributed by atoms with van der Waals surface area (Å²) in [5, 5.41) is 11.4. The lowest BCUT2D eigenvalue weighted by atomic mass is 10.1. The molecule has 0 spiro atoms. The average Bonchev–Trinajstić information content (AvgIpc) is 2.70. The third kappa shape index (κ3) is 2.25. The van der Waals surface area contributed by atoms with Crippen LogP contribution in [0, 0.1) is 5.82 Å². The molecular formula is C11H8FNO2S. The molecule has 0 aliphatic rings. The number of nitrogens with zero attached hydrogens (tertiary/aromatic N) is 1. The molecule has 0 saturated heterocycles. The monoisotopic (exact) mass is 237 g/mol. The van der Waals surface area contributed by atoms with E-state index in [0.717, 1.165) is 10.6 Å². The fourth-order valence-electron chi connectivity index (χ4n) is 1.36. The molecule has 0 radical (unpaired) electrons. The maximum absolute atomic E-state index is 13.3. The van der Waals surface area contributed by atoms with Gasteiger partial charge in [0.15, 0.2) is 0 Å². The normalized spacial score (nSPS) is 10.3. The minimum atomic E-state index is -1.25. The first kappa shape index (κ1) is 10.8. The highest BCUT2D eigenvalue weighted by atomic mass is 32.1. The van der Waals surface area contributed by atoms with E-state index in [4.69, 9.17) is 5.11 Å². The number of aromatic nitrogens is 1. The third-order valence-corrected chi connectivity index (χ3v) is 2.88. The molecule has 1 aromatic carbocycles. The van der Waals surface area contributed by atoms with Crippen molar-refractivity contribution in [3.05, 3.63) is 51.7 Å². The summed E-state index contributed by atoms with van der Waals surface area (Å²) in [7, 11) is 0. The number of thiazole rings is 1. The lowest BCUT2D eigenvalue weighted by Gasteiger charge is -2.01. The van der Waals surface area contributed by atoms with Crippen LogP contribution in [0.1, 0.15) is 20.9 Å². The Morgan fingerprint density at radius 2 is 2.31 bits per heavy atom. The van der Waals surface area contributed by atoms with Crippen molar-refractivity contribution < 1.29 is 14.3 Å². The molecule has 0 saturated carbocycles. The van der Waals surface area contributed by atoms with Gasteiger partial charge < -0.3 is 5.11 Å². The van der Waals surface area contributed by atoms with Gasteiger partial charge in [-0.3, -0.25) is 0 Å². The second-order valence-electron chi connectivity index (χ2n) is 3.22. The lowest BCUT2D eigenvalue weighted by molar-refractivity contribution is 0.0692. The first-order valence-corrected chi connectivity index (χ1v) is 5.45. The molecule has 0 aliphatic carbocycles. The van der Waals surface area contributed by atoms with Crippen LogP contribution in [0.5, 0.6) is 0 Å². The van der Waals surface area contributed by atoms with Gasteiger partial charge in [-0.2, -0.15) is 0 Å². The van der Waals surface area contributed by atoms with Gasteiger partial charge in [-0.25, -0.2) is 14.2 Å². The van der Waals surface area contributed by atoms with Crippen molar-refractivity contribution in [3.63, 3.8) is 0 Å². The molecule has 0 bridgehead atoms. The van der Waals surface area contributed by atoms with Gasteiger partial charge in [0, 0.05) is 18.0 Å². The van der Waals surface area contributed by atoms with Gasteiger partial charge in [-0.05, 0) is 17.7 Å². The first-order valence-electron chi connectivity index (χ1n) is 4.57. The molecule has 0 fully saturated rings. The van der Waals surface area contributed by atoms with Crippen molar-refractivity contribution in [2.45, 2.75) is 6.42 Å². The summed E-state index contributed by atoms with van der Waals surface area (Å²) in [6.45, 7) is 0. The quantitative estimate of drug-likeness (QED) is 0.892. The molecule has 1 aromatic heterocycles. The Kier molecular flexibility index (Phi) is 2.96. The summed E-state index contributed by atoms with van der Waals surface area (Å²) >= 11 is 1.48. The number of aromatic carboxylic acids is 1. The van der Waals surface area contributed by atoms with Crippen molar-refractivity contribution in [2.75, 3.05) is 0 Å². The Balaban J connectivity index is 2.24. The lowest BCUT2D eigenvalue weighted by Crippen LogP contribution is -2.01. The van der Waals surface area contributed by atoms with Crippen molar-refractivity contribution in [1.82, 2.24) is 4.98 Å². The second kappa shape index (κ2) is 4.40. The summed E-state index contributed by atoms with van der Waals surface area (Å²) < 4.78 is 13.3. The van der Waals surface area contributed by atoms with Crippen LogP contribution in [0.15, 0.2) is 29.8 Å².